The maximum Gasteiger partial charge on any atom is 0.0922 e. The van der Waals surface area contributed by atoms with Gasteiger partial charge < -0.3 is 4.74 Å². The van der Waals surface area contributed by atoms with Crippen LogP contribution < -0.4 is 0 Å². The Morgan fingerprint density at radius 3 is 0.970 bits per heavy atom. The Hall–Kier alpha value is -3.16. The van der Waals surface area contributed by atoms with Crippen molar-refractivity contribution >= 4 is 0 Å². The molecule has 4 aromatic rings. The molecular weight excluding hydrogens is 400 g/mol. The van der Waals surface area contributed by atoms with Gasteiger partial charge in [-0.2, -0.15) is 0 Å². The van der Waals surface area contributed by atoms with Crippen LogP contribution in [0.5, 0.6) is 0 Å². The molecule has 1 saturated heterocycles. The summed E-state index contributed by atoms with van der Waals surface area (Å²) in [7, 11) is 0. The largest absolute Gasteiger partial charge is 0.368 e. The smallest absolute Gasteiger partial charge is 0.0922 e. The molecule has 0 bridgehead atoms. The molecule has 1 saturated carbocycles. The second kappa shape index (κ2) is 8.65. The lowest BCUT2D eigenvalue weighted by Gasteiger charge is -2.38. The normalized spacial score (nSPS) is 30.8. The van der Waals surface area contributed by atoms with E-state index in [2.05, 4.69) is 128 Å². The van der Waals surface area contributed by atoms with E-state index in [1.165, 1.54) is 22.3 Å². The van der Waals surface area contributed by atoms with Crippen LogP contribution in [0.3, 0.4) is 0 Å². The average Bonchev–Trinajstić information content (AvgIpc) is 3.67. The Labute approximate surface area is 197 Å². The summed E-state index contributed by atoms with van der Waals surface area (Å²) in [5.74, 6) is 1.88. The molecule has 6 atom stereocenters. The molecule has 4 aromatic carbocycles. The van der Waals surface area contributed by atoms with Crippen molar-refractivity contribution in [2.45, 2.75) is 42.8 Å². The van der Waals surface area contributed by atoms with Gasteiger partial charge in [0.1, 0.15) is 0 Å². The monoisotopic (exact) mass is 430 g/mol. The molecule has 0 amide bonds. The molecule has 6 unspecified atom stereocenters. The summed E-state index contributed by atoms with van der Waals surface area (Å²) in [6.07, 6.45) is 0.470. The maximum absolute atomic E-state index is 6.64. The zero-order valence-electron chi connectivity index (χ0n) is 19.0. The lowest BCUT2D eigenvalue weighted by atomic mass is 9.67. The highest BCUT2D eigenvalue weighted by Crippen LogP contribution is 2.61. The van der Waals surface area contributed by atoms with Crippen LogP contribution >= 0.6 is 0 Å². The molecule has 1 aliphatic heterocycles. The Morgan fingerprint density at radius 2 is 0.667 bits per heavy atom. The van der Waals surface area contributed by atoms with Crippen LogP contribution in [0.4, 0.5) is 0 Å². The first kappa shape index (κ1) is 20.4. The molecular formula is C32H30O. The number of epoxide rings is 1. The van der Waals surface area contributed by atoms with Crippen molar-refractivity contribution in [3.63, 3.8) is 0 Å². The van der Waals surface area contributed by atoms with Crippen molar-refractivity contribution in [2.75, 3.05) is 0 Å². The second-order valence-corrected chi connectivity index (χ2v) is 9.67. The van der Waals surface area contributed by atoms with E-state index in [0.29, 0.717) is 29.6 Å². The van der Waals surface area contributed by atoms with Gasteiger partial charge in [-0.05, 0) is 40.0 Å². The van der Waals surface area contributed by atoms with Crippen molar-refractivity contribution in [1.29, 1.82) is 0 Å². The van der Waals surface area contributed by atoms with Crippen molar-refractivity contribution < 1.29 is 4.74 Å². The fraction of sp³-hybridized carbons (Fsp3) is 0.250. The summed E-state index contributed by atoms with van der Waals surface area (Å²) in [6, 6.07) is 44.4. The first-order valence-electron chi connectivity index (χ1n) is 12.2. The molecule has 2 aliphatic rings. The van der Waals surface area contributed by atoms with E-state index in [1.807, 2.05) is 0 Å². The summed E-state index contributed by atoms with van der Waals surface area (Å²) in [5, 5.41) is 0. The minimum Gasteiger partial charge on any atom is -0.368 e. The van der Waals surface area contributed by atoms with Crippen LogP contribution in [0.1, 0.15) is 52.8 Å². The summed E-state index contributed by atoms with van der Waals surface area (Å²) in [6.45, 7) is 2.48. The van der Waals surface area contributed by atoms with Gasteiger partial charge in [0.25, 0.3) is 0 Å². The highest BCUT2D eigenvalue weighted by Gasteiger charge is 2.59. The number of fused-ring (bicyclic) bond motifs is 1. The predicted octanol–water partition coefficient (Wildman–Crippen LogP) is 7.54. The fourth-order valence-electron chi connectivity index (χ4n) is 6.52. The van der Waals surface area contributed by atoms with Crippen molar-refractivity contribution in [3.8, 4) is 0 Å². The lowest BCUT2D eigenvalue weighted by molar-refractivity contribution is 0.227. The first-order chi connectivity index (χ1) is 16.3. The standard InChI is InChI=1S/C32H30O/c1-22-27(23-14-6-2-7-15-23)29(25-18-10-4-11-19-25)31-32(33-31)30(26-20-12-5-13-21-26)28(22)24-16-8-3-9-17-24/h2-22,27-32H,1H3. The van der Waals surface area contributed by atoms with Crippen LogP contribution in [-0.4, -0.2) is 12.2 Å². The molecule has 164 valence electrons. The number of hydrogen-bond acceptors (Lipinski definition) is 1. The Bertz CT molecular complexity index is 1080. The van der Waals surface area contributed by atoms with E-state index in [4.69, 9.17) is 4.74 Å². The third-order valence-electron chi connectivity index (χ3n) is 7.91. The maximum atomic E-state index is 6.64. The molecule has 1 aliphatic carbocycles. The molecule has 1 nitrogen and oxygen atoms in total. The molecule has 1 heteroatoms. The Balaban J connectivity index is 1.55. The number of rotatable bonds is 4. The minimum atomic E-state index is 0.235. The predicted molar refractivity (Wildman–Crippen MR) is 135 cm³/mol. The number of hydrogen-bond donors (Lipinski definition) is 0. The van der Waals surface area contributed by atoms with Crippen molar-refractivity contribution in [3.05, 3.63) is 144 Å². The zero-order valence-corrected chi connectivity index (χ0v) is 19.0. The molecule has 0 aromatic heterocycles. The minimum absolute atomic E-state index is 0.235. The van der Waals surface area contributed by atoms with E-state index in [0.717, 1.165) is 0 Å². The van der Waals surface area contributed by atoms with Crippen molar-refractivity contribution in [2.24, 2.45) is 5.92 Å². The van der Waals surface area contributed by atoms with Gasteiger partial charge in [0, 0.05) is 11.8 Å². The Morgan fingerprint density at radius 1 is 0.394 bits per heavy atom. The fourth-order valence-corrected chi connectivity index (χ4v) is 6.52. The summed E-state index contributed by atoms with van der Waals surface area (Å²) < 4.78 is 6.64. The molecule has 1 heterocycles. The SMILES string of the molecule is CC1C(c2ccccc2)C(c2ccccc2)C2OC2C(c2ccccc2)C1c1ccccc1. The van der Waals surface area contributed by atoms with Gasteiger partial charge in [0.2, 0.25) is 0 Å². The molecule has 2 fully saturated rings. The van der Waals surface area contributed by atoms with Gasteiger partial charge in [0.15, 0.2) is 0 Å². The average molecular weight is 431 g/mol. The van der Waals surface area contributed by atoms with E-state index in [1.54, 1.807) is 0 Å². The van der Waals surface area contributed by atoms with Crippen LogP contribution in [0.2, 0.25) is 0 Å². The van der Waals surface area contributed by atoms with E-state index >= 15 is 0 Å². The number of benzene rings is 4. The zero-order chi connectivity index (χ0) is 22.2. The highest BCUT2D eigenvalue weighted by atomic mass is 16.6. The lowest BCUT2D eigenvalue weighted by Crippen LogP contribution is -2.27. The van der Waals surface area contributed by atoms with Crippen LogP contribution in [0.15, 0.2) is 121 Å². The van der Waals surface area contributed by atoms with Crippen LogP contribution in [0.25, 0.3) is 0 Å². The quantitative estimate of drug-likeness (QED) is 0.305. The van der Waals surface area contributed by atoms with Crippen LogP contribution in [0, 0.1) is 5.92 Å². The van der Waals surface area contributed by atoms with E-state index in [-0.39, 0.29) is 12.2 Å². The molecule has 6 rings (SSSR count). The van der Waals surface area contributed by atoms with Gasteiger partial charge in [-0.15, -0.1) is 0 Å². The van der Waals surface area contributed by atoms with Gasteiger partial charge in [0.05, 0.1) is 12.2 Å². The van der Waals surface area contributed by atoms with Crippen LogP contribution in [-0.2, 0) is 4.74 Å². The number of ether oxygens (including phenoxy) is 1. The van der Waals surface area contributed by atoms with Crippen molar-refractivity contribution in [1.82, 2.24) is 0 Å². The van der Waals surface area contributed by atoms with E-state index in [9.17, 15) is 0 Å². The van der Waals surface area contributed by atoms with Gasteiger partial charge in [-0.1, -0.05) is 128 Å². The van der Waals surface area contributed by atoms with Gasteiger partial charge in [-0.3, -0.25) is 0 Å². The second-order valence-electron chi connectivity index (χ2n) is 9.67. The molecule has 0 N–H and O–H groups in total. The summed E-state index contributed by atoms with van der Waals surface area (Å²) >= 11 is 0. The Kier molecular flexibility index (Phi) is 5.36. The summed E-state index contributed by atoms with van der Waals surface area (Å²) in [4.78, 5) is 0. The first-order valence-corrected chi connectivity index (χ1v) is 12.2. The topological polar surface area (TPSA) is 12.5 Å². The van der Waals surface area contributed by atoms with E-state index < -0.39 is 0 Å². The molecule has 0 radical (unpaired) electrons. The van der Waals surface area contributed by atoms with Gasteiger partial charge in [-0.25, -0.2) is 0 Å². The molecule has 33 heavy (non-hydrogen) atoms. The highest BCUT2D eigenvalue weighted by molar-refractivity contribution is 5.40. The third-order valence-corrected chi connectivity index (χ3v) is 7.91. The third kappa shape index (κ3) is 3.71. The summed E-state index contributed by atoms with van der Waals surface area (Å²) in [5.41, 5.74) is 5.63. The van der Waals surface area contributed by atoms with Gasteiger partial charge >= 0.3 is 0 Å². The molecule has 0 spiro atoms.